The van der Waals surface area contributed by atoms with Gasteiger partial charge < -0.3 is 14.2 Å². The number of esters is 1. The summed E-state index contributed by atoms with van der Waals surface area (Å²) < 4.78 is 16.0. The molecule has 4 nitrogen and oxygen atoms in total. The Balaban J connectivity index is 2.99. The van der Waals surface area contributed by atoms with Gasteiger partial charge in [0.1, 0.15) is 6.61 Å². The van der Waals surface area contributed by atoms with E-state index in [1.807, 2.05) is 0 Å². The van der Waals surface area contributed by atoms with Crippen LogP contribution >= 0.6 is 22.6 Å². The SMILES string of the molecule is C=CC(=O)OCCOCCOCCI. The maximum atomic E-state index is 10.6. The van der Waals surface area contributed by atoms with Gasteiger partial charge in [-0.05, 0) is 0 Å². The Bertz CT molecular complexity index is 161. The molecule has 0 N–H and O–H groups in total. The van der Waals surface area contributed by atoms with Crippen LogP contribution in [0.1, 0.15) is 0 Å². The van der Waals surface area contributed by atoms with E-state index in [2.05, 4.69) is 29.2 Å². The van der Waals surface area contributed by atoms with Crippen LogP contribution in [0.25, 0.3) is 0 Å². The van der Waals surface area contributed by atoms with Gasteiger partial charge in [-0.2, -0.15) is 0 Å². The second-order valence-corrected chi connectivity index (χ2v) is 3.36. The number of halogens is 1. The van der Waals surface area contributed by atoms with Crippen molar-refractivity contribution in [3.05, 3.63) is 12.7 Å². The molecule has 0 saturated heterocycles. The number of hydrogen-bond acceptors (Lipinski definition) is 4. The van der Waals surface area contributed by atoms with Crippen molar-refractivity contribution in [3.8, 4) is 0 Å². The predicted molar refractivity (Wildman–Crippen MR) is 61.7 cm³/mol. The lowest BCUT2D eigenvalue weighted by Crippen LogP contribution is -2.11. The number of carbonyl (C=O) groups excluding carboxylic acids is 1. The minimum atomic E-state index is -0.422. The monoisotopic (exact) mass is 314 g/mol. The summed E-state index contributed by atoms with van der Waals surface area (Å²) in [6, 6.07) is 0. The first-order valence-electron chi connectivity index (χ1n) is 4.32. The highest BCUT2D eigenvalue weighted by atomic mass is 127. The van der Waals surface area contributed by atoms with E-state index in [-0.39, 0.29) is 6.61 Å². The fourth-order valence-corrected chi connectivity index (χ4v) is 0.948. The molecule has 0 aromatic carbocycles. The summed E-state index contributed by atoms with van der Waals surface area (Å²) in [6.45, 7) is 5.79. The maximum Gasteiger partial charge on any atom is 0.330 e. The van der Waals surface area contributed by atoms with Gasteiger partial charge in [0.25, 0.3) is 0 Å². The van der Waals surface area contributed by atoms with Crippen molar-refractivity contribution < 1.29 is 19.0 Å². The third-order valence-corrected chi connectivity index (χ3v) is 1.67. The van der Waals surface area contributed by atoms with E-state index in [1.165, 1.54) is 0 Å². The first-order valence-corrected chi connectivity index (χ1v) is 5.84. The Hall–Kier alpha value is -0.140. The summed E-state index contributed by atoms with van der Waals surface area (Å²) in [5.74, 6) is -0.422. The molecule has 0 aromatic heterocycles. The lowest BCUT2D eigenvalue weighted by molar-refractivity contribution is -0.139. The summed E-state index contributed by atoms with van der Waals surface area (Å²) >= 11 is 2.24. The molecule has 14 heavy (non-hydrogen) atoms. The smallest absolute Gasteiger partial charge is 0.330 e. The zero-order valence-corrected chi connectivity index (χ0v) is 10.2. The van der Waals surface area contributed by atoms with Crippen LogP contribution in [-0.4, -0.2) is 43.4 Å². The molecule has 0 bridgehead atoms. The van der Waals surface area contributed by atoms with Crippen molar-refractivity contribution in [2.75, 3.05) is 37.5 Å². The van der Waals surface area contributed by atoms with Gasteiger partial charge in [-0.3, -0.25) is 0 Å². The minimum absolute atomic E-state index is 0.261. The number of hydrogen-bond donors (Lipinski definition) is 0. The van der Waals surface area contributed by atoms with Gasteiger partial charge in [-0.25, -0.2) is 4.79 Å². The average molecular weight is 314 g/mol. The molecule has 0 spiro atoms. The fourth-order valence-electron chi connectivity index (χ4n) is 0.637. The van der Waals surface area contributed by atoms with E-state index in [1.54, 1.807) is 0 Å². The molecule has 0 aromatic rings. The molecule has 0 unspecified atom stereocenters. The van der Waals surface area contributed by atoms with Crippen molar-refractivity contribution >= 4 is 28.6 Å². The molecule has 0 aliphatic carbocycles. The molecular weight excluding hydrogens is 299 g/mol. The van der Waals surface area contributed by atoms with Gasteiger partial charge in [0.2, 0.25) is 0 Å². The molecule has 0 radical (unpaired) electrons. The van der Waals surface area contributed by atoms with Crippen LogP contribution in [0.15, 0.2) is 12.7 Å². The molecule has 0 atom stereocenters. The molecular formula is C9H15IO4. The molecule has 0 heterocycles. The predicted octanol–water partition coefficient (Wildman–Crippen LogP) is 1.18. The quantitative estimate of drug-likeness (QED) is 0.211. The molecule has 0 aliphatic heterocycles. The maximum absolute atomic E-state index is 10.6. The van der Waals surface area contributed by atoms with E-state index < -0.39 is 5.97 Å². The van der Waals surface area contributed by atoms with E-state index in [9.17, 15) is 4.79 Å². The lowest BCUT2D eigenvalue weighted by atomic mass is 10.6. The van der Waals surface area contributed by atoms with Crippen LogP contribution in [0.3, 0.4) is 0 Å². The first-order chi connectivity index (χ1) is 6.81. The minimum Gasteiger partial charge on any atom is -0.460 e. The summed E-state index contributed by atoms with van der Waals surface area (Å²) in [6.07, 6.45) is 1.13. The van der Waals surface area contributed by atoms with Crippen molar-refractivity contribution in [2.45, 2.75) is 0 Å². The van der Waals surface area contributed by atoms with Crippen molar-refractivity contribution in [1.29, 1.82) is 0 Å². The molecule has 5 heteroatoms. The second-order valence-electron chi connectivity index (χ2n) is 2.29. The van der Waals surface area contributed by atoms with E-state index in [0.717, 1.165) is 17.1 Å². The van der Waals surface area contributed by atoms with Crippen LogP contribution in [0.4, 0.5) is 0 Å². The largest absolute Gasteiger partial charge is 0.460 e. The van der Waals surface area contributed by atoms with Crippen LogP contribution < -0.4 is 0 Å². The van der Waals surface area contributed by atoms with Crippen molar-refractivity contribution in [1.82, 2.24) is 0 Å². The normalized spacial score (nSPS) is 9.79. The Morgan fingerprint density at radius 3 is 2.29 bits per heavy atom. The van der Waals surface area contributed by atoms with Gasteiger partial charge >= 0.3 is 5.97 Å². The highest BCUT2D eigenvalue weighted by molar-refractivity contribution is 14.1. The third kappa shape index (κ3) is 9.94. The molecule has 0 aliphatic rings. The van der Waals surface area contributed by atoms with Crippen LogP contribution in [0.2, 0.25) is 0 Å². The van der Waals surface area contributed by atoms with Gasteiger partial charge in [0, 0.05) is 10.5 Å². The fraction of sp³-hybridized carbons (Fsp3) is 0.667. The molecule has 0 rings (SSSR count). The van der Waals surface area contributed by atoms with E-state index in [4.69, 9.17) is 14.2 Å². The highest BCUT2D eigenvalue weighted by Crippen LogP contribution is 1.85. The number of rotatable bonds is 9. The Kier molecular flexibility index (Phi) is 10.8. The molecule has 82 valence electrons. The van der Waals surface area contributed by atoms with Crippen LogP contribution in [0.5, 0.6) is 0 Å². The Labute approximate surface area is 97.7 Å². The first kappa shape index (κ1) is 13.9. The topological polar surface area (TPSA) is 44.8 Å². The van der Waals surface area contributed by atoms with Crippen molar-refractivity contribution in [2.24, 2.45) is 0 Å². The zero-order chi connectivity index (χ0) is 10.6. The van der Waals surface area contributed by atoms with Crippen molar-refractivity contribution in [3.63, 3.8) is 0 Å². The Morgan fingerprint density at radius 2 is 1.71 bits per heavy atom. The molecule has 0 amide bonds. The summed E-state index contributed by atoms with van der Waals surface area (Å²) in [4.78, 5) is 10.6. The van der Waals surface area contributed by atoms with Gasteiger partial charge in [0.15, 0.2) is 0 Å². The van der Waals surface area contributed by atoms with Crippen LogP contribution in [-0.2, 0) is 19.0 Å². The molecule has 0 fully saturated rings. The average Bonchev–Trinajstić information content (AvgIpc) is 2.21. The summed E-state index contributed by atoms with van der Waals surface area (Å²) in [7, 11) is 0. The lowest BCUT2D eigenvalue weighted by Gasteiger charge is -2.04. The number of alkyl halides is 1. The van der Waals surface area contributed by atoms with Gasteiger partial charge in [-0.1, -0.05) is 29.2 Å². The second kappa shape index (κ2) is 10.9. The zero-order valence-electron chi connectivity index (χ0n) is 8.04. The van der Waals surface area contributed by atoms with Crippen LogP contribution in [0, 0.1) is 0 Å². The van der Waals surface area contributed by atoms with E-state index in [0.29, 0.717) is 19.8 Å². The summed E-state index contributed by atoms with van der Waals surface area (Å²) in [5.41, 5.74) is 0. The van der Waals surface area contributed by atoms with Gasteiger partial charge in [-0.15, -0.1) is 0 Å². The third-order valence-electron chi connectivity index (χ3n) is 1.23. The standard InChI is InChI=1S/C9H15IO4/c1-2-9(11)14-8-7-13-6-5-12-4-3-10/h2H,1,3-8H2. The highest BCUT2D eigenvalue weighted by Gasteiger charge is 1.94. The van der Waals surface area contributed by atoms with Gasteiger partial charge in [0.05, 0.1) is 26.4 Å². The molecule has 0 saturated carbocycles. The Morgan fingerprint density at radius 1 is 1.14 bits per heavy atom. The van der Waals surface area contributed by atoms with E-state index >= 15 is 0 Å². The summed E-state index contributed by atoms with van der Waals surface area (Å²) in [5, 5.41) is 0. The number of ether oxygens (including phenoxy) is 3. The number of carbonyl (C=O) groups is 1.